The van der Waals surface area contributed by atoms with E-state index in [0.717, 1.165) is 10.0 Å². The summed E-state index contributed by atoms with van der Waals surface area (Å²) in [5.74, 6) is -1.09. The molecule has 0 aromatic heterocycles. The van der Waals surface area contributed by atoms with Crippen LogP contribution >= 0.6 is 39.1 Å². The van der Waals surface area contributed by atoms with Crippen molar-refractivity contribution in [2.24, 2.45) is 0 Å². The largest absolute Gasteiger partial charge is 0.545 e. The second-order valence-corrected chi connectivity index (χ2v) is 5.70. The number of hydrogen-bond donors (Lipinski definition) is 0. The summed E-state index contributed by atoms with van der Waals surface area (Å²) in [4.78, 5) is 10.8. The van der Waals surface area contributed by atoms with Gasteiger partial charge >= 0.3 is 0 Å². The number of carbonyl (C=O) groups excluding carboxylic acids is 1. The van der Waals surface area contributed by atoms with Gasteiger partial charge in [-0.2, -0.15) is 0 Å². The van der Waals surface area contributed by atoms with Gasteiger partial charge in [0.25, 0.3) is 0 Å². The molecule has 0 atom stereocenters. The molecule has 0 N–H and O–H groups in total. The lowest BCUT2D eigenvalue weighted by Gasteiger charge is -2.12. The summed E-state index contributed by atoms with van der Waals surface area (Å²) < 4.78 is 6.50. The molecule has 0 saturated carbocycles. The summed E-state index contributed by atoms with van der Waals surface area (Å²) in [6.07, 6.45) is 0. The predicted molar refractivity (Wildman–Crippen MR) is 79.3 cm³/mol. The fourth-order valence-corrected chi connectivity index (χ4v) is 2.41. The Hall–Kier alpha value is -1.23. The Morgan fingerprint density at radius 2 is 1.70 bits per heavy atom. The maximum atomic E-state index is 10.8. The van der Waals surface area contributed by atoms with Crippen molar-refractivity contribution >= 4 is 45.1 Å². The molecule has 0 heterocycles. The summed E-state index contributed by atoms with van der Waals surface area (Å²) in [6, 6.07) is 10.1. The SMILES string of the molecule is O=C([O-])c1cc(Cl)c(OCc2ccc(Br)cc2)c(Cl)c1. The van der Waals surface area contributed by atoms with E-state index in [1.165, 1.54) is 12.1 Å². The van der Waals surface area contributed by atoms with Crippen molar-refractivity contribution in [1.82, 2.24) is 0 Å². The first-order valence-electron chi connectivity index (χ1n) is 5.55. The van der Waals surface area contributed by atoms with Gasteiger partial charge in [0.15, 0.2) is 5.75 Å². The molecule has 0 aliphatic rings. The highest BCUT2D eigenvalue weighted by Gasteiger charge is 2.10. The number of rotatable bonds is 4. The number of aromatic carboxylic acids is 1. The van der Waals surface area contributed by atoms with Gasteiger partial charge in [0.05, 0.1) is 16.0 Å². The minimum absolute atomic E-state index is 0.0870. The number of hydrogen-bond acceptors (Lipinski definition) is 3. The number of halogens is 3. The number of ether oxygens (including phenoxy) is 1. The van der Waals surface area contributed by atoms with E-state index < -0.39 is 5.97 Å². The Morgan fingerprint density at radius 1 is 1.15 bits per heavy atom. The molecule has 0 unspecified atom stereocenters. The third kappa shape index (κ3) is 3.66. The van der Waals surface area contributed by atoms with Gasteiger partial charge < -0.3 is 14.6 Å². The van der Waals surface area contributed by atoms with Gasteiger partial charge in [0, 0.05) is 10.0 Å². The lowest BCUT2D eigenvalue weighted by molar-refractivity contribution is -0.255. The molecular weight excluding hydrogens is 367 g/mol. The fourth-order valence-electron chi connectivity index (χ4n) is 1.55. The molecule has 20 heavy (non-hydrogen) atoms. The normalized spacial score (nSPS) is 10.3. The van der Waals surface area contributed by atoms with Crippen molar-refractivity contribution in [3.63, 3.8) is 0 Å². The Morgan fingerprint density at radius 3 is 2.20 bits per heavy atom. The number of carboxylic acid groups (broad SMARTS) is 1. The van der Waals surface area contributed by atoms with Crippen LogP contribution in [-0.4, -0.2) is 5.97 Å². The second-order valence-electron chi connectivity index (χ2n) is 3.97. The van der Waals surface area contributed by atoms with Gasteiger partial charge in [-0.3, -0.25) is 0 Å². The summed E-state index contributed by atoms with van der Waals surface area (Å²) in [5.41, 5.74) is 0.848. The molecule has 0 bridgehead atoms. The van der Waals surface area contributed by atoms with Crippen LogP contribution in [-0.2, 0) is 6.61 Å². The van der Waals surface area contributed by atoms with E-state index in [0.29, 0.717) is 0 Å². The lowest BCUT2D eigenvalue weighted by Crippen LogP contribution is -2.22. The molecular formula is C14H8BrCl2O3-. The van der Waals surface area contributed by atoms with Crippen molar-refractivity contribution in [2.45, 2.75) is 6.61 Å². The maximum Gasteiger partial charge on any atom is 0.157 e. The second kappa shape index (κ2) is 6.48. The average molecular weight is 375 g/mol. The van der Waals surface area contributed by atoms with E-state index in [9.17, 15) is 9.90 Å². The van der Waals surface area contributed by atoms with Crippen molar-refractivity contribution in [3.05, 3.63) is 62.0 Å². The van der Waals surface area contributed by atoms with Crippen LogP contribution in [0.4, 0.5) is 0 Å². The molecule has 6 heteroatoms. The standard InChI is InChI=1S/C14H9BrCl2O3/c15-10-3-1-8(2-4-10)7-20-13-11(16)5-9(14(18)19)6-12(13)17/h1-6H,7H2,(H,18,19)/p-1. The molecule has 0 aliphatic carbocycles. The molecule has 0 spiro atoms. The van der Waals surface area contributed by atoms with E-state index in [4.69, 9.17) is 27.9 Å². The average Bonchev–Trinajstić information content (AvgIpc) is 2.39. The number of carbonyl (C=O) groups is 1. The molecule has 0 aliphatic heterocycles. The first kappa shape index (κ1) is 15.2. The van der Waals surface area contributed by atoms with Gasteiger partial charge in [-0.1, -0.05) is 51.3 Å². The van der Waals surface area contributed by atoms with Crippen LogP contribution in [0.2, 0.25) is 10.0 Å². The molecule has 0 radical (unpaired) electrons. The van der Waals surface area contributed by atoms with E-state index in [-0.39, 0.29) is 28.0 Å². The topological polar surface area (TPSA) is 49.4 Å². The minimum Gasteiger partial charge on any atom is -0.545 e. The van der Waals surface area contributed by atoms with Crippen molar-refractivity contribution in [3.8, 4) is 5.75 Å². The van der Waals surface area contributed by atoms with Crippen LogP contribution in [0.1, 0.15) is 15.9 Å². The van der Waals surface area contributed by atoms with Crippen LogP contribution in [0.3, 0.4) is 0 Å². The lowest BCUT2D eigenvalue weighted by atomic mass is 10.2. The molecule has 0 fully saturated rings. The van der Waals surface area contributed by atoms with Gasteiger partial charge in [0.2, 0.25) is 0 Å². The fraction of sp³-hybridized carbons (Fsp3) is 0.0714. The highest BCUT2D eigenvalue weighted by Crippen LogP contribution is 2.34. The van der Waals surface area contributed by atoms with Crippen molar-refractivity contribution in [1.29, 1.82) is 0 Å². The molecule has 0 saturated heterocycles. The van der Waals surface area contributed by atoms with Gasteiger partial charge in [-0.05, 0) is 29.8 Å². The predicted octanol–water partition coefficient (Wildman–Crippen LogP) is 3.70. The summed E-state index contributed by atoms with van der Waals surface area (Å²) >= 11 is 15.3. The van der Waals surface area contributed by atoms with Crippen molar-refractivity contribution in [2.75, 3.05) is 0 Å². The number of carboxylic acids is 1. The first-order chi connectivity index (χ1) is 9.47. The Bertz CT molecular complexity index is 618. The summed E-state index contributed by atoms with van der Waals surface area (Å²) in [5, 5.41) is 11.0. The molecule has 2 rings (SSSR count). The molecule has 2 aromatic rings. The highest BCUT2D eigenvalue weighted by atomic mass is 79.9. The van der Waals surface area contributed by atoms with Crippen molar-refractivity contribution < 1.29 is 14.6 Å². The van der Waals surface area contributed by atoms with Crippen LogP contribution in [0.5, 0.6) is 5.75 Å². The first-order valence-corrected chi connectivity index (χ1v) is 7.10. The quantitative estimate of drug-likeness (QED) is 0.819. The Kier molecular flexibility index (Phi) is 4.91. The summed E-state index contributed by atoms with van der Waals surface area (Å²) in [7, 11) is 0. The third-order valence-corrected chi connectivity index (χ3v) is 3.62. The number of benzene rings is 2. The molecule has 2 aromatic carbocycles. The van der Waals surface area contributed by atoms with Crippen LogP contribution < -0.4 is 9.84 Å². The zero-order valence-electron chi connectivity index (χ0n) is 10.0. The molecule has 104 valence electrons. The molecule has 3 nitrogen and oxygen atoms in total. The van der Waals surface area contributed by atoms with E-state index in [2.05, 4.69) is 15.9 Å². The van der Waals surface area contributed by atoms with Crippen LogP contribution in [0.15, 0.2) is 40.9 Å². The van der Waals surface area contributed by atoms with Crippen LogP contribution in [0, 0.1) is 0 Å². The van der Waals surface area contributed by atoms with E-state index in [1.807, 2.05) is 24.3 Å². The smallest absolute Gasteiger partial charge is 0.157 e. The van der Waals surface area contributed by atoms with Gasteiger partial charge in [-0.25, -0.2) is 0 Å². The Labute approximate surface area is 134 Å². The highest BCUT2D eigenvalue weighted by molar-refractivity contribution is 9.10. The van der Waals surface area contributed by atoms with Gasteiger partial charge in [-0.15, -0.1) is 0 Å². The van der Waals surface area contributed by atoms with Gasteiger partial charge in [0.1, 0.15) is 6.61 Å². The maximum absolute atomic E-state index is 10.8. The molecule has 0 amide bonds. The zero-order chi connectivity index (χ0) is 14.7. The van der Waals surface area contributed by atoms with Crippen LogP contribution in [0.25, 0.3) is 0 Å². The summed E-state index contributed by atoms with van der Waals surface area (Å²) in [6.45, 7) is 0.275. The zero-order valence-corrected chi connectivity index (χ0v) is 13.1. The monoisotopic (exact) mass is 373 g/mol. The third-order valence-electron chi connectivity index (χ3n) is 2.53. The minimum atomic E-state index is -1.34. The van der Waals surface area contributed by atoms with E-state index in [1.54, 1.807) is 0 Å². The Balaban J connectivity index is 2.17. The van der Waals surface area contributed by atoms with E-state index >= 15 is 0 Å².